The molecule has 0 atom stereocenters. The Hall–Kier alpha value is -1.88. The highest BCUT2D eigenvalue weighted by Gasteiger charge is 2.05. The number of nitrogens with two attached hydrogens (primary N) is 1. The van der Waals surface area contributed by atoms with Gasteiger partial charge in [0, 0.05) is 17.5 Å². The topological polar surface area (TPSA) is 75.7 Å². The van der Waals surface area contributed by atoms with Crippen molar-refractivity contribution in [1.29, 1.82) is 5.41 Å². The maximum absolute atomic E-state index is 7.50. The molecule has 0 spiro atoms. The van der Waals surface area contributed by atoms with Gasteiger partial charge in [-0.05, 0) is 11.6 Å². The third-order valence-corrected chi connectivity index (χ3v) is 3.23. The minimum Gasteiger partial charge on any atom is -0.384 e. The van der Waals surface area contributed by atoms with Gasteiger partial charge in [-0.3, -0.25) is 5.41 Å². The zero-order valence-corrected chi connectivity index (χ0v) is 9.95. The largest absolute Gasteiger partial charge is 0.384 e. The van der Waals surface area contributed by atoms with Crippen LogP contribution < -0.4 is 5.73 Å². The molecule has 17 heavy (non-hydrogen) atoms. The van der Waals surface area contributed by atoms with Crippen molar-refractivity contribution in [2.24, 2.45) is 5.73 Å². The minimum atomic E-state index is 0.101. The number of nitrogens with zero attached hydrogens (tertiary/aromatic N) is 2. The first-order valence-corrected chi connectivity index (χ1v) is 6.07. The second kappa shape index (κ2) is 5.45. The minimum absolute atomic E-state index is 0.101. The fraction of sp³-hybridized carbons (Fsp3) is 0.0833. The molecule has 0 aliphatic heterocycles. The number of hydrogen-bond acceptors (Lipinski definition) is 4. The van der Waals surface area contributed by atoms with Crippen LogP contribution in [-0.2, 0) is 5.75 Å². The molecule has 5 heteroatoms. The monoisotopic (exact) mass is 244 g/mol. The van der Waals surface area contributed by atoms with E-state index in [2.05, 4.69) is 9.97 Å². The van der Waals surface area contributed by atoms with Crippen LogP contribution in [0.2, 0.25) is 0 Å². The third kappa shape index (κ3) is 3.04. The average Bonchev–Trinajstić information content (AvgIpc) is 2.38. The first-order chi connectivity index (χ1) is 8.27. The second-order valence-electron chi connectivity index (χ2n) is 3.41. The molecular weight excluding hydrogens is 232 g/mol. The lowest BCUT2D eigenvalue weighted by Gasteiger charge is -2.06. The summed E-state index contributed by atoms with van der Waals surface area (Å²) in [5.41, 5.74) is 7.36. The normalized spacial score (nSPS) is 10.1. The number of nitrogen functional groups attached to an aromatic ring is 1. The number of benzene rings is 1. The van der Waals surface area contributed by atoms with E-state index in [0.717, 1.165) is 21.9 Å². The molecule has 3 N–H and O–H groups in total. The number of amidine groups is 1. The molecule has 0 fully saturated rings. The van der Waals surface area contributed by atoms with Crippen molar-refractivity contribution in [3.8, 4) is 0 Å². The Morgan fingerprint density at radius 3 is 2.82 bits per heavy atom. The molecule has 0 amide bonds. The summed E-state index contributed by atoms with van der Waals surface area (Å²) in [5, 5.41) is 8.42. The SMILES string of the molecule is N=C(N)c1ccccc1CSc1ccncn1. The third-order valence-electron chi connectivity index (χ3n) is 2.24. The molecule has 86 valence electrons. The van der Waals surface area contributed by atoms with Crippen LogP contribution in [0.25, 0.3) is 0 Å². The summed E-state index contributed by atoms with van der Waals surface area (Å²) < 4.78 is 0. The molecule has 1 aromatic heterocycles. The smallest absolute Gasteiger partial charge is 0.123 e. The van der Waals surface area contributed by atoms with Crippen molar-refractivity contribution in [3.05, 3.63) is 54.0 Å². The fourth-order valence-corrected chi connectivity index (χ4v) is 2.26. The maximum Gasteiger partial charge on any atom is 0.123 e. The summed E-state index contributed by atoms with van der Waals surface area (Å²) in [6.45, 7) is 0. The van der Waals surface area contributed by atoms with Gasteiger partial charge in [0.2, 0.25) is 0 Å². The van der Waals surface area contributed by atoms with Crippen molar-refractivity contribution >= 4 is 17.6 Å². The predicted molar refractivity (Wildman–Crippen MR) is 69.1 cm³/mol. The lowest BCUT2D eigenvalue weighted by atomic mass is 10.1. The van der Waals surface area contributed by atoms with Gasteiger partial charge >= 0.3 is 0 Å². The Balaban J connectivity index is 2.12. The molecule has 0 unspecified atom stereocenters. The number of hydrogen-bond donors (Lipinski definition) is 2. The summed E-state index contributed by atoms with van der Waals surface area (Å²) in [5.74, 6) is 0.844. The molecule has 0 bridgehead atoms. The lowest BCUT2D eigenvalue weighted by Crippen LogP contribution is -2.13. The molecule has 2 aromatic rings. The maximum atomic E-state index is 7.50. The van der Waals surface area contributed by atoms with E-state index in [1.807, 2.05) is 30.3 Å². The molecule has 0 saturated heterocycles. The van der Waals surface area contributed by atoms with Crippen molar-refractivity contribution in [1.82, 2.24) is 9.97 Å². The van der Waals surface area contributed by atoms with Gasteiger partial charge in [-0.15, -0.1) is 11.8 Å². The van der Waals surface area contributed by atoms with E-state index in [9.17, 15) is 0 Å². The van der Waals surface area contributed by atoms with Gasteiger partial charge in [0.05, 0.1) is 5.03 Å². The summed E-state index contributed by atoms with van der Waals surface area (Å²) >= 11 is 1.60. The number of rotatable bonds is 4. The van der Waals surface area contributed by atoms with Crippen LogP contribution in [0.1, 0.15) is 11.1 Å². The first-order valence-electron chi connectivity index (χ1n) is 5.08. The Morgan fingerprint density at radius 1 is 1.29 bits per heavy atom. The van der Waals surface area contributed by atoms with Crippen molar-refractivity contribution in [2.45, 2.75) is 10.8 Å². The molecular formula is C12H12N4S. The van der Waals surface area contributed by atoms with Gasteiger partial charge in [0.1, 0.15) is 12.2 Å². The van der Waals surface area contributed by atoms with E-state index >= 15 is 0 Å². The molecule has 0 aliphatic rings. The van der Waals surface area contributed by atoms with Crippen LogP contribution in [0, 0.1) is 5.41 Å². The van der Waals surface area contributed by atoms with Gasteiger partial charge in [-0.25, -0.2) is 9.97 Å². The van der Waals surface area contributed by atoms with Crippen molar-refractivity contribution < 1.29 is 0 Å². The van der Waals surface area contributed by atoms with Gasteiger partial charge in [-0.2, -0.15) is 0 Å². The molecule has 2 rings (SSSR count). The number of aromatic nitrogens is 2. The summed E-state index contributed by atoms with van der Waals surface area (Å²) in [6, 6.07) is 9.53. The van der Waals surface area contributed by atoms with Crippen LogP contribution in [0.5, 0.6) is 0 Å². The van der Waals surface area contributed by atoms with Crippen LogP contribution in [0.3, 0.4) is 0 Å². The van der Waals surface area contributed by atoms with E-state index in [1.165, 1.54) is 6.33 Å². The standard InChI is InChI=1S/C12H12N4S/c13-12(14)10-4-2-1-3-9(10)7-17-11-5-6-15-8-16-11/h1-6,8H,7H2,(H3,13,14). The van der Waals surface area contributed by atoms with E-state index in [4.69, 9.17) is 11.1 Å². The summed E-state index contributed by atoms with van der Waals surface area (Å²) in [4.78, 5) is 8.00. The van der Waals surface area contributed by atoms with Gasteiger partial charge < -0.3 is 5.73 Å². The van der Waals surface area contributed by atoms with Crippen LogP contribution in [-0.4, -0.2) is 15.8 Å². The zero-order chi connectivity index (χ0) is 12.1. The second-order valence-corrected chi connectivity index (χ2v) is 4.40. The Bertz CT molecular complexity index is 513. The van der Waals surface area contributed by atoms with Gasteiger partial charge in [0.25, 0.3) is 0 Å². The van der Waals surface area contributed by atoms with Crippen molar-refractivity contribution in [2.75, 3.05) is 0 Å². The highest BCUT2D eigenvalue weighted by molar-refractivity contribution is 7.98. The number of nitrogens with one attached hydrogen (secondary N) is 1. The van der Waals surface area contributed by atoms with Crippen LogP contribution in [0.15, 0.2) is 47.9 Å². The highest BCUT2D eigenvalue weighted by Crippen LogP contribution is 2.21. The Labute approximate surface area is 104 Å². The van der Waals surface area contributed by atoms with Crippen molar-refractivity contribution in [3.63, 3.8) is 0 Å². The molecule has 0 saturated carbocycles. The zero-order valence-electron chi connectivity index (χ0n) is 9.13. The van der Waals surface area contributed by atoms with E-state index < -0.39 is 0 Å². The quantitative estimate of drug-likeness (QED) is 0.373. The number of thioether (sulfide) groups is 1. The molecule has 1 heterocycles. The van der Waals surface area contributed by atoms with E-state index in [1.54, 1.807) is 18.0 Å². The molecule has 0 radical (unpaired) electrons. The van der Waals surface area contributed by atoms with Gasteiger partial charge in [0.15, 0.2) is 0 Å². The Kier molecular flexibility index (Phi) is 3.72. The predicted octanol–water partition coefficient (Wildman–Crippen LogP) is 2.05. The fourth-order valence-electron chi connectivity index (χ4n) is 1.42. The van der Waals surface area contributed by atoms with Gasteiger partial charge in [-0.1, -0.05) is 24.3 Å². The molecule has 4 nitrogen and oxygen atoms in total. The van der Waals surface area contributed by atoms with Crippen LogP contribution in [0.4, 0.5) is 0 Å². The van der Waals surface area contributed by atoms with Crippen LogP contribution >= 0.6 is 11.8 Å². The molecule has 0 aliphatic carbocycles. The Morgan fingerprint density at radius 2 is 2.12 bits per heavy atom. The van der Waals surface area contributed by atoms with E-state index in [0.29, 0.717) is 0 Å². The highest BCUT2D eigenvalue weighted by atomic mass is 32.2. The lowest BCUT2D eigenvalue weighted by molar-refractivity contribution is 1.05. The van der Waals surface area contributed by atoms with E-state index in [-0.39, 0.29) is 5.84 Å². The molecule has 1 aromatic carbocycles. The first kappa shape index (κ1) is 11.6. The summed E-state index contributed by atoms with van der Waals surface area (Å²) in [6.07, 6.45) is 3.24. The summed E-state index contributed by atoms with van der Waals surface area (Å²) in [7, 11) is 0. The average molecular weight is 244 g/mol.